The number of rotatable bonds is 7. The molecule has 0 radical (unpaired) electrons. The van der Waals surface area contributed by atoms with Crippen molar-refractivity contribution < 1.29 is 0 Å². The lowest BCUT2D eigenvalue weighted by Crippen LogP contribution is -1.96. The summed E-state index contributed by atoms with van der Waals surface area (Å²) in [5, 5.41) is 12.3. The van der Waals surface area contributed by atoms with E-state index in [9.17, 15) is 0 Å². The first-order valence-electron chi connectivity index (χ1n) is 23.6. The Balaban J connectivity index is 1.23. The van der Waals surface area contributed by atoms with E-state index in [1.165, 1.54) is 132 Å². The van der Waals surface area contributed by atoms with E-state index in [0.29, 0.717) is 0 Å². The van der Waals surface area contributed by atoms with Crippen LogP contribution in [0, 0.1) is 0 Å². The molecule has 0 amide bonds. The van der Waals surface area contributed by atoms with Crippen molar-refractivity contribution >= 4 is 53.9 Å². The second kappa shape index (κ2) is 16.5. The Bertz CT molecular complexity index is 4040. The molecule has 0 bridgehead atoms. The van der Waals surface area contributed by atoms with Crippen molar-refractivity contribution in [2.45, 2.75) is 0 Å². The fourth-order valence-corrected chi connectivity index (χ4v) is 10.9. The first-order valence-corrected chi connectivity index (χ1v) is 23.6. The van der Waals surface area contributed by atoms with Gasteiger partial charge in [0.15, 0.2) is 0 Å². The minimum atomic E-state index is 1.19. The van der Waals surface area contributed by atoms with Crippen LogP contribution in [0.1, 0.15) is 0 Å². The molecular formula is C68H44. The second-order valence-corrected chi connectivity index (χ2v) is 17.9. The highest BCUT2D eigenvalue weighted by molar-refractivity contribution is 6.29. The predicted molar refractivity (Wildman–Crippen MR) is 292 cm³/mol. The third-order valence-corrected chi connectivity index (χ3v) is 14.0. The summed E-state index contributed by atoms with van der Waals surface area (Å²) in [5.41, 5.74) is 16.9. The Morgan fingerprint density at radius 3 is 1.10 bits per heavy atom. The molecule has 68 heavy (non-hydrogen) atoms. The molecule has 0 unspecified atom stereocenters. The van der Waals surface area contributed by atoms with E-state index in [4.69, 9.17) is 0 Å². The molecule has 0 atom stereocenters. The van der Waals surface area contributed by atoms with Crippen LogP contribution >= 0.6 is 0 Å². The highest BCUT2D eigenvalue weighted by Gasteiger charge is 2.24. The molecule has 0 spiro atoms. The van der Waals surface area contributed by atoms with E-state index in [1.807, 2.05) is 0 Å². The molecule has 0 heteroatoms. The Kier molecular flexibility index (Phi) is 9.62. The third-order valence-electron chi connectivity index (χ3n) is 14.0. The maximum Gasteiger partial charge on any atom is -0.00201 e. The SMILES string of the molecule is c1ccc(-c2cccc(-c3c4ccc(-c5ccccc5)cc4c(-c4cccc(-c5ccccc5)c4)c4cc5c(cc34)c(-c3ccccc3)c(-c3ccc4ccccc4c3)c3ccccc35)c2)cc1. The first-order chi connectivity index (χ1) is 33.7. The molecule has 13 aromatic carbocycles. The van der Waals surface area contributed by atoms with Gasteiger partial charge in [-0.3, -0.25) is 0 Å². The fourth-order valence-electron chi connectivity index (χ4n) is 10.9. The molecule has 0 aliphatic carbocycles. The van der Waals surface area contributed by atoms with Crippen LogP contribution in [0.15, 0.2) is 267 Å². The molecule has 0 N–H and O–H groups in total. The standard InChI is InChI=1S/C68H44/c1-5-19-45(20-6-1)51-29-17-31-54(39-51)65-59-38-37-53(47-23-9-3-10-24-47)42-61(59)66(55-32-18-30-52(40-55)46-21-7-2-8-22-46)63-43-60-57-33-15-16-34-58(57)68(56-36-35-48-25-13-14-28-50(48)41-56)67(62(60)44-64(63)65)49-26-11-4-12-27-49/h1-44H. The van der Waals surface area contributed by atoms with E-state index < -0.39 is 0 Å². The van der Waals surface area contributed by atoms with E-state index in [1.54, 1.807) is 0 Å². The number of hydrogen-bond donors (Lipinski definition) is 0. The van der Waals surface area contributed by atoms with Gasteiger partial charge in [0.1, 0.15) is 0 Å². The molecule has 0 fully saturated rings. The average Bonchev–Trinajstić information content (AvgIpc) is 3.42. The van der Waals surface area contributed by atoms with Crippen molar-refractivity contribution in [2.75, 3.05) is 0 Å². The minimum absolute atomic E-state index is 1.19. The van der Waals surface area contributed by atoms with Crippen molar-refractivity contribution in [3.63, 3.8) is 0 Å². The summed E-state index contributed by atoms with van der Waals surface area (Å²) in [5.74, 6) is 0. The van der Waals surface area contributed by atoms with E-state index in [-0.39, 0.29) is 0 Å². The smallest absolute Gasteiger partial charge is 0.00201 e. The van der Waals surface area contributed by atoms with Crippen LogP contribution in [0.3, 0.4) is 0 Å². The Morgan fingerprint density at radius 1 is 0.132 bits per heavy atom. The topological polar surface area (TPSA) is 0 Å². The normalized spacial score (nSPS) is 11.5. The van der Waals surface area contributed by atoms with E-state index >= 15 is 0 Å². The summed E-state index contributed by atoms with van der Waals surface area (Å²) in [4.78, 5) is 0. The minimum Gasteiger partial charge on any atom is -0.0622 e. The van der Waals surface area contributed by atoms with Crippen LogP contribution in [0.5, 0.6) is 0 Å². The van der Waals surface area contributed by atoms with Gasteiger partial charge in [-0.05, 0) is 168 Å². The van der Waals surface area contributed by atoms with Crippen molar-refractivity contribution in [1.29, 1.82) is 0 Å². The Labute approximate surface area is 396 Å². The van der Waals surface area contributed by atoms with Gasteiger partial charge in [-0.1, -0.05) is 231 Å². The maximum absolute atomic E-state index is 2.55. The quantitative estimate of drug-likeness (QED) is 0.111. The lowest BCUT2D eigenvalue weighted by Gasteiger charge is -2.23. The van der Waals surface area contributed by atoms with Crippen LogP contribution in [0.4, 0.5) is 0 Å². The lowest BCUT2D eigenvalue weighted by atomic mass is 9.80. The largest absolute Gasteiger partial charge is 0.0622 e. The maximum atomic E-state index is 2.55. The molecule has 0 saturated carbocycles. The van der Waals surface area contributed by atoms with E-state index in [0.717, 1.165) is 0 Å². The molecule has 0 aliphatic heterocycles. The van der Waals surface area contributed by atoms with Crippen molar-refractivity contribution in [3.8, 4) is 77.9 Å². The average molecular weight is 861 g/mol. The Hall–Kier alpha value is -8.84. The van der Waals surface area contributed by atoms with Crippen molar-refractivity contribution in [3.05, 3.63) is 267 Å². The monoisotopic (exact) mass is 860 g/mol. The van der Waals surface area contributed by atoms with Crippen LogP contribution < -0.4 is 0 Å². The van der Waals surface area contributed by atoms with Crippen LogP contribution in [-0.4, -0.2) is 0 Å². The highest BCUT2D eigenvalue weighted by atomic mass is 14.3. The summed E-state index contributed by atoms with van der Waals surface area (Å²) < 4.78 is 0. The van der Waals surface area contributed by atoms with Gasteiger partial charge in [0.05, 0.1) is 0 Å². The van der Waals surface area contributed by atoms with Crippen LogP contribution in [0.2, 0.25) is 0 Å². The molecule has 13 aromatic rings. The zero-order valence-corrected chi connectivity index (χ0v) is 37.4. The van der Waals surface area contributed by atoms with Crippen molar-refractivity contribution in [1.82, 2.24) is 0 Å². The van der Waals surface area contributed by atoms with Gasteiger partial charge in [0.2, 0.25) is 0 Å². The van der Waals surface area contributed by atoms with E-state index in [2.05, 4.69) is 267 Å². The number of fused-ring (bicyclic) bond motifs is 6. The summed E-state index contributed by atoms with van der Waals surface area (Å²) >= 11 is 0. The molecule has 0 heterocycles. The summed E-state index contributed by atoms with van der Waals surface area (Å²) in [7, 11) is 0. The predicted octanol–water partition coefficient (Wildman–Crippen LogP) is 19.1. The fraction of sp³-hybridized carbons (Fsp3) is 0. The molecular weight excluding hydrogens is 817 g/mol. The molecule has 13 rings (SSSR count). The van der Waals surface area contributed by atoms with Gasteiger partial charge in [-0.15, -0.1) is 0 Å². The summed E-state index contributed by atoms with van der Waals surface area (Å²) in [6.07, 6.45) is 0. The zero-order valence-electron chi connectivity index (χ0n) is 37.4. The van der Waals surface area contributed by atoms with Gasteiger partial charge in [-0.2, -0.15) is 0 Å². The van der Waals surface area contributed by atoms with Crippen LogP contribution in [0.25, 0.3) is 132 Å². The van der Waals surface area contributed by atoms with Crippen molar-refractivity contribution in [2.24, 2.45) is 0 Å². The number of hydrogen-bond acceptors (Lipinski definition) is 0. The first kappa shape index (κ1) is 39.5. The van der Waals surface area contributed by atoms with Crippen LogP contribution in [-0.2, 0) is 0 Å². The lowest BCUT2D eigenvalue weighted by molar-refractivity contribution is 1.60. The van der Waals surface area contributed by atoms with Gasteiger partial charge >= 0.3 is 0 Å². The van der Waals surface area contributed by atoms with Gasteiger partial charge < -0.3 is 0 Å². The molecule has 316 valence electrons. The number of benzene rings is 13. The third kappa shape index (κ3) is 6.77. The highest BCUT2D eigenvalue weighted by Crippen LogP contribution is 2.51. The second-order valence-electron chi connectivity index (χ2n) is 17.9. The van der Waals surface area contributed by atoms with Gasteiger partial charge in [0.25, 0.3) is 0 Å². The molecule has 0 saturated heterocycles. The molecule has 0 nitrogen and oxygen atoms in total. The zero-order chi connectivity index (χ0) is 45.0. The summed E-state index contributed by atoms with van der Waals surface area (Å²) in [6.45, 7) is 0. The van der Waals surface area contributed by atoms with Gasteiger partial charge in [0, 0.05) is 0 Å². The Morgan fingerprint density at radius 2 is 0.500 bits per heavy atom. The molecule has 0 aliphatic rings. The molecule has 0 aromatic heterocycles. The van der Waals surface area contributed by atoms with Gasteiger partial charge in [-0.25, -0.2) is 0 Å². The summed E-state index contributed by atoms with van der Waals surface area (Å²) in [6, 6.07) is 98.8.